The van der Waals surface area contributed by atoms with Gasteiger partial charge in [0.1, 0.15) is 0 Å². The van der Waals surface area contributed by atoms with Crippen molar-refractivity contribution in [3.8, 4) is 0 Å². The Bertz CT molecular complexity index is 688. The van der Waals surface area contributed by atoms with Gasteiger partial charge in [0.05, 0.1) is 0 Å². The van der Waals surface area contributed by atoms with Crippen molar-refractivity contribution >= 4 is 0 Å². The van der Waals surface area contributed by atoms with E-state index in [2.05, 4.69) is 55.4 Å². The number of rotatable bonds is 1. The van der Waals surface area contributed by atoms with Crippen LogP contribution in [0.3, 0.4) is 0 Å². The molecule has 172 valence electrons. The van der Waals surface area contributed by atoms with Gasteiger partial charge >= 0.3 is 0 Å². The van der Waals surface area contributed by atoms with Crippen molar-refractivity contribution in [2.75, 3.05) is 0 Å². The van der Waals surface area contributed by atoms with E-state index in [9.17, 15) is 0 Å². The van der Waals surface area contributed by atoms with Crippen LogP contribution in [-0.2, 0) is 0 Å². The molecule has 0 aromatic heterocycles. The maximum Gasteiger partial charge on any atom is -0.0235 e. The Balaban J connectivity index is 1.54. The molecule has 0 nitrogen and oxygen atoms in total. The van der Waals surface area contributed by atoms with Gasteiger partial charge in [0, 0.05) is 0 Å². The lowest BCUT2D eigenvalue weighted by Crippen LogP contribution is -2.65. The summed E-state index contributed by atoms with van der Waals surface area (Å²) in [7, 11) is 0. The molecule has 0 bridgehead atoms. The normalized spacial score (nSPS) is 57.3. The Hall–Kier alpha value is 0. The van der Waals surface area contributed by atoms with Crippen LogP contribution in [0.25, 0.3) is 0 Å². The van der Waals surface area contributed by atoms with Crippen molar-refractivity contribution < 1.29 is 0 Å². The number of hydrogen-bond acceptors (Lipinski definition) is 0. The molecular weight excluding hydrogens is 360 g/mol. The van der Waals surface area contributed by atoms with Gasteiger partial charge in [-0.1, -0.05) is 61.8 Å². The van der Waals surface area contributed by atoms with Crippen LogP contribution in [0.5, 0.6) is 0 Å². The third-order valence-corrected chi connectivity index (χ3v) is 13.5. The fourth-order valence-corrected chi connectivity index (χ4v) is 11.8. The van der Waals surface area contributed by atoms with E-state index in [1.54, 1.807) is 6.42 Å². The molecular formula is C30H52. The molecule has 4 unspecified atom stereocenters. The quantitative estimate of drug-likeness (QED) is 0.402. The molecule has 0 radical (unpaired) electrons. The van der Waals surface area contributed by atoms with E-state index in [1.807, 2.05) is 0 Å². The van der Waals surface area contributed by atoms with E-state index in [0.717, 1.165) is 35.5 Å². The van der Waals surface area contributed by atoms with Crippen LogP contribution < -0.4 is 0 Å². The lowest BCUT2D eigenvalue weighted by molar-refractivity contribution is -0.236. The molecule has 0 aromatic rings. The lowest BCUT2D eigenvalue weighted by Gasteiger charge is -2.72. The molecule has 9 atom stereocenters. The fourth-order valence-electron chi connectivity index (χ4n) is 11.8. The van der Waals surface area contributed by atoms with E-state index in [-0.39, 0.29) is 0 Å². The zero-order valence-corrected chi connectivity index (χ0v) is 21.7. The van der Waals surface area contributed by atoms with Crippen molar-refractivity contribution in [1.82, 2.24) is 0 Å². The van der Waals surface area contributed by atoms with Crippen LogP contribution in [0.2, 0.25) is 0 Å². The standard InChI is InChI=1S/C30H52/c1-20(2)21-12-16-27(5)18-19-29(7)22(25(21)27)10-11-24-28(6)15-9-14-26(3,4)23(28)13-17-30(24,29)8/h20-25H,9-19H2,1-8H3/t21-,22?,23?,24?,25?,27+,28-,29+,30+/m0/s1. The summed E-state index contributed by atoms with van der Waals surface area (Å²) >= 11 is 0. The largest absolute Gasteiger partial charge is 0.0625 e. The van der Waals surface area contributed by atoms with E-state index in [0.29, 0.717) is 27.1 Å². The molecule has 0 aromatic carbocycles. The first-order valence-corrected chi connectivity index (χ1v) is 13.9. The van der Waals surface area contributed by atoms with Crippen LogP contribution in [0.1, 0.15) is 126 Å². The Morgan fingerprint density at radius 3 is 2.07 bits per heavy atom. The number of hydrogen-bond donors (Lipinski definition) is 0. The second kappa shape index (κ2) is 6.53. The molecule has 5 fully saturated rings. The zero-order chi connectivity index (χ0) is 21.7. The van der Waals surface area contributed by atoms with Gasteiger partial charge in [0.2, 0.25) is 0 Å². The lowest BCUT2D eigenvalue weighted by atomic mass is 9.32. The fraction of sp³-hybridized carbons (Fsp3) is 1.00. The maximum atomic E-state index is 2.82. The Kier molecular flexibility index (Phi) is 4.75. The minimum Gasteiger partial charge on any atom is -0.0625 e. The van der Waals surface area contributed by atoms with E-state index < -0.39 is 0 Å². The zero-order valence-electron chi connectivity index (χ0n) is 21.7. The van der Waals surface area contributed by atoms with Crippen LogP contribution in [0.15, 0.2) is 0 Å². The van der Waals surface area contributed by atoms with Crippen LogP contribution in [-0.4, -0.2) is 0 Å². The summed E-state index contributed by atoms with van der Waals surface area (Å²) in [5.41, 5.74) is 2.95. The Morgan fingerprint density at radius 2 is 1.37 bits per heavy atom. The maximum absolute atomic E-state index is 2.82. The highest BCUT2D eigenvalue weighted by Crippen LogP contribution is 2.77. The van der Waals surface area contributed by atoms with Crippen LogP contribution in [0, 0.1) is 62.6 Å². The molecule has 0 amide bonds. The van der Waals surface area contributed by atoms with E-state index in [4.69, 9.17) is 0 Å². The van der Waals surface area contributed by atoms with Gasteiger partial charge < -0.3 is 0 Å². The Labute approximate surface area is 188 Å². The SMILES string of the molecule is CC(C)[C@@H]1CC[C@]2(C)CC[C@]3(C)C(CCC4[C@@]5(C)CCCC(C)(C)C5CC[C@]43C)C12. The summed E-state index contributed by atoms with van der Waals surface area (Å²) in [6, 6.07) is 0. The van der Waals surface area contributed by atoms with Gasteiger partial charge in [-0.05, 0) is 127 Å². The highest BCUT2D eigenvalue weighted by atomic mass is 14.7. The third-order valence-electron chi connectivity index (χ3n) is 13.5. The molecule has 0 aliphatic heterocycles. The summed E-state index contributed by atoms with van der Waals surface area (Å²) in [6.45, 7) is 21.4. The van der Waals surface area contributed by atoms with Crippen molar-refractivity contribution in [1.29, 1.82) is 0 Å². The van der Waals surface area contributed by atoms with Crippen molar-refractivity contribution in [3.63, 3.8) is 0 Å². The van der Waals surface area contributed by atoms with E-state index >= 15 is 0 Å². The first kappa shape index (κ1) is 21.8. The predicted molar refractivity (Wildman–Crippen MR) is 129 cm³/mol. The second-order valence-electron chi connectivity index (χ2n) is 15.1. The Morgan fingerprint density at radius 1 is 0.633 bits per heavy atom. The molecule has 5 aliphatic rings. The first-order chi connectivity index (χ1) is 13.9. The van der Waals surface area contributed by atoms with Gasteiger partial charge in [-0.15, -0.1) is 0 Å². The van der Waals surface area contributed by atoms with Crippen molar-refractivity contribution in [2.45, 2.75) is 126 Å². The molecule has 0 spiro atoms. The summed E-state index contributed by atoms with van der Waals surface area (Å²) in [5.74, 6) is 5.78. The predicted octanol–water partition coefficient (Wildman–Crippen LogP) is 9.13. The molecule has 0 N–H and O–H groups in total. The van der Waals surface area contributed by atoms with Gasteiger partial charge in [0.25, 0.3) is 0 Å². The minimum absolute atomic E-state index is 0.561. The van der Waals surface area contributed by atoms with Gasteiger partial charge in [0.15, 0.2) is 0 Å². The molecule has 5 rings (SSSR count). The third kappa shape index (κ3) is 2.58. The number of fused-ring (bicyclic) bond motifs is 7. The molecule has 30 heavy (non-hydrogen) atoms. The first-order valence-electron chi connectivity index (χ1n) is 13.9. The highest BCUT2D eigenvalue weighted by molar-refractivity contribution is 5.18. The van der Waals surface area contributed by atoms with Crippen LogP contribution >= 0.6 is 0 Å². The average Bonchev–Trinajstić information content (AvgIpc) is 2.99. The molecule has 5 aliphatic carbocycles. The summed E-state index contributed by atoms with van der Waals surface area (Å²) in [4.78, 5) is 0. The molecule has 5 saturated carbocycles. The molecule has 0 saturated heterocycles. The minimum atomic E-state index is 0.561. The molecule has 0 heteroatoms. The summed E-state index contributed by atoms with van der Waals surface area (Å²) in [5, 5.41) is 0. The van der Waals surface area contributed by atoms with E-state index in [1.165, 1.54) is 64.2 Å². The van der Waals surface area contributed by atoms with Crippen molar-refractivity contribution in [3.05, 3.63) is 0 Å². The van der Waals surface area contributed by atoms with Crippen LogP contribution in [0.4, 0.5) is 0 Å². The smallest absolute Gasteiger partial charge is 0.0235 e. The topological polar surface area (TPSA) is 0 Å². The highest BCUT2D eigenvalue weighted by Gasteiger charge is 2.69. The van der Waals surface area contributed by atoms with Gasteiger partial charge in [-0.25, -0.2) is 0 Å². The molecule has 0 heterocycles. The van der Waals surface area contributed by atoms with Crippen molar-refractivity contribution in [2.24, 2.45) is 62.6 Å². The van der Waals surface area contributed by atoms with Gasteiger partial charge in [-0.3, -0.25) is 0 Å². The second-order valence-corrected chi connectivity index (χ2v) is 15.1. The monoisotopic (exact) mass is 412 g/mol. The summed E-state index contributed by atoms with van der Waals surface area (Å²) in [6.07, 6.45) is 16.6. The summed E-state index contributed by atoms with van der Waals surface area (Å²) < 4.78 is 0. The average molecular weight is 413 g/mol. The van der Waals surface area contributed by atoms with Gasteiger partial charge in [-0.2, -0.15) is 0 Å².